The molecule has 0 atom stereocenters. The van der Waals surface area contributed by atoms with Crippen molar-refractivity contribution in [3.63, 3.8) is 0 Å². The first-order chi connectivity index (χ1) is 10.3. The molecule has 0 aromatic heterocycles. The molecule has 0 heterocycles. The summed E-state index contributed by atoms with van der Waals surface area (Å²) in [5, 5.41) is 0.836. The maximum Gasteiger partial charge on any atom is 0.0114 e. The van der Waals surface area contributed by atoms with Gasteiger partial charge in [-0.2, -0.15) is 0 Å². The highest BCUT2D eigenvalue weighted by molar-refractivity contribution is 6.15. The summed E-state index contributed by atoms with van der Waals surface area (Å²) in [6.07, 6.45) is 25.0. The van der Waals surface area contributed by atoms with Crippen LogP contribution in [-0.2, 0) is 0 Å². The van der Waals surface area contributed by atoms with E-state index in [1.807, 2.05) is 0 Å². The summed E-state index contributed by atoms with van der Waals surface area (Å²) >= 11 is 0. The second-order valence-corrected chi connectivity index (χ2v) is 10.7. The minimum atomic E-state index is 0.836. The predicted molar refractivity (Wildman–Crippen MR) is 97.0 cm³/mol. The Morgan fingerprint density at radius 2 is 0.952 bits per heavy atom. The molecule has 0 amide bonds. The molecule has 122 valence electrons. The molecule has 0 saturated heterocycles. The summed E-state index contributed by atoms with van der Waals surface area (Å²) < 4.78 is 0. The van der Waals surface area contributed by atoms with E-state index in [-0.39, 0.29) is 0 Å². The van der Waals surface area contributed by atoms with Crippen LogP contribution in [0.1, 0.15) is 103 Å². The molecule has 3 saturated carbocycles. The summed E-state index contributed by atoms with van der Waals surface area (Å²) in [7, 11) is 1.48. The Morgan fingerprint density at radius 3 is 1.38 bits per heavy atom. The number of rotatable bonds is 4. The maximum atomic E-state index is 1.65. The Hall–Kier alpha value is 0.217. The van der Waals surface area contributed by atoms with Crippen molar-refractivity contribution in [1.29, 1.82) is 0 Å². The Morgan fingerprint density at radius 1 is 0.571 bits per heavy atom. The van der Waals surface area contributed by atoms with Gasteiger partial charge in [-0.3, -0.25) is 0 Å². The molecular weight excluding hydrogens is 268 g/mol. The zero-order valence-corrected chi connectivity index (χ0v) is 16.5. The molecule has 0 N–H and O–H groups in total. The van der Waals surface area contributed by atoms with Gasteiger partial charge in [0.1, 0.15) is 0 Å². The largest absolute Gasteiger partial charge is 0.0533 e. The lowest BCUT2D eigenvalue weighted by molar-refractivity contribution is 0.124. The zero-order valence-electron chi connectivity index (χ0n) is 14.5. The molecule has 3 fully saturated rings. The molecule has 3 aliphatic carbocycles. The van der Waals surface area contributed by atoms with Gasteiger partial charge < -0.3 is 0 Å². The van der Waals surface area contributed by atoms with Crippen molar-refractivity contribution >= 4 is 10.2 Å². The van der Waals surface area contributed by atoms with Crippen LogP contribution in [0.5, 0.6) is 0 Å². The molecule has 0 unspecified atom stereocenters. The van der Waals surface area contributed by atoms with Crippen molar-refractivity contribution in [1.82, 2.24) is 0 Å². The monoisotopic (exact) mass is 306 g/mol. The summed E-state index contributed by atoms with van der Waals surface area (Å²) in [5.74, 6) is 3.37. The van der Waals surface area contributed by atoms with Gasteiger partial charge in [0.05, 0.1) is 0 Å². The Bertz CT molecular complexity index is 275. The van der Waals surface area contributed by atoms with E-state index in [1.54, 1.807) is 70.6 Å². The number of hydrogen-bond acceptors (Lipinski definition) is 0. The first kappa shape index (κ1) is 16.1. The second-order valence-electron chi connectivity index (χ2n) is 8.88. The molecular formula is C20H38Si. The summed E-state index contributed by atoms with van der Waals surface area (Å²) in [6, 6.07) is 0. The van der Waals surface area contributed by atoms with Crippen LogP contribution in [0.15, 0.2) is 0 Å². The topological polar surface area (TPSA) is 0 Å². The Balaban J connectivity index is 1.71. The first-order valence-corrected chi connectivity index (χ1v) is 11.3. The van der Waals surface area contributed by atoms with Crippen LogP contribution in [0, 0.1) is 17.8 Å². The van der Waals surface area contributed by atoms with Gasteiger partial charge in [0.2, 0.25) is 0 Å². The quantitative estimate of drug-likeness (QED) is 0.589. The van der Waals surface area contributed by atoms with Gasteiger partial charge in [0.15, 0.2) is 0 Å². The van der Waals surface area contributed by atoms with Crippen LogP contribution in [0.4, 0.5) is 0 Å². The van der Waals surface area contributed by atoms with Crippen LogP contribution in [0.25, 0.3) is 0 Å². The molecule has 0 aromatic rings. The average molecular weight is 307 g/mol. The molecule has 3 rings (SSSR count). The second kappa shape index (κ2) is 7.66. The van der Waals surface area contributed by atoms with Crippen LogP contribution in [-0.4, -0.2) is 10.2 Å². The van der Waals surface area contributed by atoms with Crippen molar-refractivity contribution in [2.45, 2.75) is 108 Å². The van der Waals surface area contributed by atoms with E-state index in [9.17, 15) is 0 Å². The third-order valence-electron chi connectivity index (χ3n) is 7.53. The van der Waals surface area contributed by atoms with E-state index in [0.717, 1.165) is 22.8 Å². The van der Waals surface area contributed by atoms with Gasteiger partial charge in [-0.1, -0.05) is 96.3 Å². The van der Waals surface area contributed by atoms with Crippen LogP contribution < -0.4 is 0 Å². The molecule has 0 aliphatic heterocycles. The van der Waals surface area contributed by atoms with Crippen LogP contribution in [0.2, 0.25) is 5.04 Å². The van der Waals surface area contributed by atoms with E-state index >= 15 is 0 Å². The fraction of sp³-hybridized carbons (Fsp3) is 1.00. The fourth-order valence-corrected chi connectivity index (χ4v) is 7.94. The molecule has 0 aromatic carbocycles. The van der Waals surface area contributed by atoms with E-state index in [0.29, 0.717) is 0 Å². The molecule has 0 bridgehead atoms. The predicted octanol–water partition coefficient (Wildman–Crippen LogP) is 5.64. The smallest absolute Gasteiger partial charge is 0.0114 e. The van der Waals surface area contributed by atoms with Crippen molar-refractivity contribution < 1.29 is 0 Å². The van der Waals surface area contributed by atoms with Gasteiger partial charge in [-0.05, 0) is 29.2 Å². The number of hydrogen-bond donors (Lipinski definition) is 0. The SMILES string of the molecule is [SiH3]C(CC1CCCCC1)(C1CCCCC1)C1CCCCC1. The summed E-state index contributed by atoms with van der Waals surface area (Å²) in [6.45, 7) is 0. The van der Waals surface area contributed by atoms with E-state index in [1.165, 1.54) is 42.3 Å². The fourth-order valence-electron chi connectivity index (χ4n) is 6.20. The third-order valence-corrected chi connectivity index (χ3v) is 9.57. The van der Waals surface area contributed by atoms with Gasteiger partial charge in [-0.15, -0.1) is 0 Å². The highest BCUT2D eigenvalue weighted by Gasteiger charge is 2.42. The molecule has 0 spiro atoms. The molecule has 1 heteroatoms. The molecule has 3 aliphatic rings. The highest BCUT2D eigenvalue weighted by atomic mass is 28.1. The molecule has 0 nitrogen and oxygen atoms in total. The van der Waals surface area contributed by atoms with Crippen molar-refractivity contribution in [3.05, 3.63) is 0 Å². The van der Waals surface area contributed by atoms with E-state index < -0.39 is 0 Å². The average Bonchev–Trinajstić information content (AvgIpc) is 2.57. The lowest BCUT2D eigenvalue weighted by atomic mass is 9.64. The zero-order chi connectivity index (χ0) is 14.5. The minimum absolute atomic E-state index is 0.836. The van der Waals surface area contributed by atoms with Crippen molar-refractivity contribution in [2.24, 2.45) is 17.8 Å². The minimum Gasteiger partial charge on any atom is -0.0533 e. The third kappa shape index (κ3) is 3.95. The normalized spacial score (nSPS) is 28.0. The van der Waals surface area contributed by atoms with Crippen molar-refractivity contribution in [3.8, 4) is 0 Å². The Labute approximate surface area is 136 Å². The first-order valence-electron chi connectivity index (χ1n) is 10.3. The summed E-state index contributed by atoms with van der Waals surface area (Å²) in [5.41, 5.74) is 0. The van der Waals surface area contributed by atoms with Gasteiger partial charge in [0, 0.05) is 10.2 Å². The van der Waals surface area contributed by atoms with Crippen LogP contribution >= 0.6 is 0 Å². The van der Waals surface area contributed by atoms with Gasteiger partial charge >= 0.3 is 0 Å². The standard InChI is InChI=1S/C20H38Si/c21-20(18-12-6-2-7-13-18,19-14-8-3-9-15-19)16-17-10-4-1-5-11-17/h17-19H,1-16H2,21H3. The summed E-state index contributed by atoms with van der Waals surface area (Å²) in [4.78, 5) is 0. The highest BCUT2D eigenvalue weighted by Crippen LogP contribution is 2.56. The molecule has 0 radical (unpaired) electrons. The van der Waals surface area contributed by atoms with E-state index in [2.05, 4.69) is 0 Å². The molecule has 21 heavy (non-hydrogen) atoms. The van der Waals surface area contributed by atoms with Crippen LogP contribution in [0.3, 0.4) is 0 Å². The Kier molecular flexibility index (Phi) is 5.87. The maximum absolute atomic E-state index is 1.65. The van der Waals surface area contributed by atoms with Crippen molar-refractivity contribution in [2.75, 3.05) is 0 Å². The van der Waals surface area contributed by atoms with Gasteiger partial charge in [0.25, 0.3) is 0 Å². The van der Waals surface area contributed by atoms with E-state index in [4.69, 9.17) is 0 Å². The lowest BCUT2D eigenvalue weighted by Crippen LogP contribution is -2.36. The lowest BCUT2D eigenvalue weighted by Gasteiger charge is -2.49. The van der Waals surface area contributed by atoms with Gasteiger partial charge in [-0.25, -0.2) is 0 Å².